The lowest BCUT2D eigenvalue weighted by molar-refractivity contribution is 0.0148. The first-order valence-electron chi connectivity index (χ1n) is 10.7. The van der Waals surface area contributed by atoms with Gasteiger partial charge in [0.2, 0.25) is 5.95 Å². The minimum atomic E-state index is -0.581. The third-order valence-electron chi connectivity index (χ3n) is 6.27. The first-order chi connectivity index (χ1) is 15.5. The molecule has 2 aliphatic rings. The first-order valence-corrected chi connectivity index (χ1v) is 10.7. The molecule has 0 atom stereocenters. The highest BCUT2D eigenvalue weighted by molar-refractivity contribution is 5.90. The summed E-state index contributed by atoms with van der Waals surface area (Å²) in [7, 11) is 0. The number of pyridine rings is 1. The number of amides is 1. The summed E-state index contributed by atoms with van der Waals surface area (Å²) >= 11 is 0. The van der Waals surface area contributed by atoms with Crippen LogP contribution in [0, 0.1) is 17.7 Å². The molecule has 10 heteroatoms. The molecule has 0 radical (unpaired) electrons. The van der Waals surface area contributed by atoms with E-state index in [1.54, 1.807) is 30.5 Å². The van der Waals surface area contributed by atoms with Crippen molar-refractivity contribution in [3.05, 3.63) is 66.6 Å². The Balaban J connectivity index is 0.00000259. The number of halogens is 3. The minimum absolute atomic E-state index is 0. The van der Waals surface area contributed by atoms with E-state index in [1.807, 2.05) is 6.07 Å². The molecular formula is C23H24ClF2N5O2. The van der Waals surface area contributed by atoms with Crippen molar-refractivity contribution in [1.82, 2.24) is 14.8 Å². The van der Waals surface area contributed by atoms with Crippen LogP contribution in [0.2, 0.25) is 0 Å². The average molecular weight is 476 g/mol. The van der Waals surface area contributed by atoms with Crippen LogP contribution in [0.15, 0.2) is 54.9 Å². The van der Waals surface area contributed by atoms with E-state index in [0.717, 1.165) is 32.2 Å². The summed E-state index contributed by atoms with van der Waals surface area (Å²) in [5.74, 6) is 0.203. The maximum atomic E-state index is 13.9. The highest BCUT2D eigenvalue weighted by atomic mass is 35.5. The van der Waals surface area contributed by atoms with E-state index in [1.165, 1.54) is 27.9 Å². The van der Waals surface area contributed by atoms with Crippen LogP contribution in [0.5, 0.6) is 0 Å². The molecule has 1 saturated heterocycles. The lowest BCUT2D eigenvalue weighted by atomic mass is 9.78. The molecule has 2 aromatic heterocycles. The summed E-state index contributed by atoms with van der Waals surface area (Å²) in [6.07, 6.45) is 6.01. The van der Waals surface area contributed by atoms with E-state index < -0.39 is 17.6 Å². The van der Waals surface area contributed by atoms with Gasteiger partial charge in [0.15, 0.2) is 0 Å². The van der Waals surface area contributed by atoms with Gasteiger partial charge in [0, 0.05) is 18.8 Å². The van der Waals surface area contributed by atoms with Crippen LogP contribution in [0.3, 0.4) is 0 Å². The zero-order chi connectivity index (χ0) is 22.1. The van der Waals surface area contributed by atoms with Crippen molar-refractivity contribution in [2.75, 3.05) is 23.3 Å². The number of para-hydroxylation sites is 1. The van der Waals surface area contributed by atoms with E-state index >= 15 is 0 Å². The van der Waals surface area contributed by atoms with Crippen LogP contribution in [0.1, 0.15) is 25.7 Å². The number of rotatable bonds is 5. The molecule has 3 aromatic rings. The Morgan fingerprint density at radius 3 is 2.64 bits per heavy atom. The van der Waals surface area contributed by atoms with Gasteiger partial charge in [-0.3, -0.25) is 4.90 Å². The number of ether oxygens (including phenoxy) is 1. The van der Waals surface area contributed by atoms with Crippen LogP contribution < -0.4 is 10.2 Å². The Hall–Kier alpha value is -3.20. The molecule has 2 fully saturated rings. The summed E-state index contributed by atoms with van der Waals surface area (Å²) in [5, 5.41) is 7.75. The maximum Gasteiger partial charge on any atom is 0.415 e. The predicted octanol–water partition coefficient (Wildman–Crippen LogP) is 4.97. The Labute approximate surface area is 196 Å². The van der Waals surface area contributed by atoms with Crippen molar-refractivity contribution >= 4 is 30.0 Å². The monoisotopic (exact) mass is 475 g/mol. The second-order valence-electron chi connectivity index (χ2n) is 8.40. The number of carbonyl (C=O) groups is 1. The molecule has 5 rings (SSSR count). The fourth-order valence-corrected chi connectivity index (χ4v) is 4.46. The highest BCUT2D eigenvalue weighted by Crippen LogP contribution is 2.40. The number of hydrogen-bond acceptors (Lipinski definition) is 5. The van der Waals surface area contributed by atoms with Gasteiger partial charge in [-0.2, -0.15) is 9.49 Å². The van der Waals surface area contributed by atoms with E-state index in [4.69, 9.17) is 4.74 Å². The zero-order valence-electron chi connectivity index (χ0n) is 17.8. The smallest absolute Gasteiger partial charge is 0.415 e. The molecule has 1 spiro atoms. The van der Waals surface area contributed by atoms with E-state index in [0.29, 0.717) is 29.7 Å². The van der Waals surface area contributed by atoms with Crippen LogP contribution in [0.25, 0.3) is 5.69 Å². The fraction of sp³-hybridized carbons (Fsp3) is 0.348. The van der Waals surface area contributed by atoms with Gasteiger partial charge in [-0.1, -0.05) is 12.1 Å². The molecule has 174 valence electrons. The largest absolute Gasteiger partial charge is 0.441 e. The van der Waals surface area contributed by atoms with Crippen LogP contribution in [0.4, 0.5) is 25.1 Å². The molecule has 1 aliphatic heterocycles. The minimum Gasteiger partial charge on any atom is -0.441 e. The van der Waals surface area contributed by atoms with Crippen molar-refractivity contribution in [1.29, 1.82) is 0 Å². The van der Waals surface area contributed by atoms with Gasteiger partial charge in [0.05, 0.1) is 18.4 Å². The molecular weight excluding hydrogens is 452 g/mol. The van der Waals surface area contributed by atoms with Crippen molar-refractivity contribution < 1.29 is 18.3 Å². The van der Waals surface area contributed by atoms with Crippen molar-refractivity contribution in [3.8, 4) is 5.69 Å². The predicted molar refractivity (Wildman–Crippen MR) is 122 cm³/mol. The van der Waals surface area contributed by atoms with Gasteiger partial charge >= 0.3 is 6.09 Å². The maximum absolute atomic E-state index is 13.9. The summed E-state index contributed by atoms with van der Waals surface area (Å²) in [5.41, 5.74) is 0.445. The Morgan fingerprint density at radius 1 is 1.12 bits per heavy atom. The van der Waals surface area contributed by atoms with E-state index in [2.05, 4.69) is 15.4 Å². The van der Waals surface area contributed by atoms with Crippen molar-refractivity contribution in [3.63, 3.8) is 0 Å². The third kappa shape index (κ3) is 4.78. The van der Waals surface area contributed by atoms with Gasteiger partial charge in [-0.05, 0) is 55.9 Å². The Bertz CT molecular complexity index is 1120. The van der Waals surface area contributed by atoms with Crippen LogP contribution in [-0.2, 0) is 4.74 Å². The normalized spacial score (nSPS) is 22.2. The van der Waals surface area contributed by atoms with Crippen LogP contribution >= 0.6 is 12.4 Å². The number of carbonyl (C=O) groups excluding carboxylic acids is 1. The number of nitrogens with one attached hydrogen (secondary N) is 1. The SMILES string of the molecule is Cl.O=C1OC2(CCC(CNc3ccn(-c4ccccc4F)n3)CC2)CN1c1ccc(F)nc1. The van der Waals surface area contributed by atoms with Crippen molar-refractivity contribution in [2.24, 2.45) is 5.92 Å². The Kier molecular flexibility index (Phi) is 6.51. The lowest BCUT2D eigenvalue weighted by Crippen LogP contribution is -2.39. The van der Waals surface area contributed by atoms with Crippen LogP contribution in [-0.4, -0.2) is 39.5 Å². The second kappa shape index (κ2) is 9.35. The number of benzene rings is 1. The zero-order valence-corrected chi connectivity index (χ0v) is 18.6. The van der Waals surface area contributed by atoms with E-state index in [9.17, 15) is 13.6 Å². The molecule has 0 unspecified atom stereocenters. The quantitative estimate of drug-likeness (QED) is 0.528. The summed E-state index contributed by atoms with van der Waals surface area (Å²) in [6.45, 7) is 1.19. The number of anilines is 2. The second-order valence-corrected chi connectivity index (χ2v) is 8.40. The molecule has 1 amide bonds. The van der Waals surface area contributed by atoms with Gasteiger partial charge in [0.1, 0.15) is 22.9 Å². The standard InChI is InChI=1S/C23H23F2N5O2.ClH/c24-18-3-1-2-4-19(18)30-12-9-21(28-30)27-13-16-7-10-23(11-8-16)15-29(22(31)32-23)17-5-6-20(25)26-14-17;/h1-6,9,12,14,16H,7-8,10-11,13,15H2,(H,27,28);1H. The molecule has 3 heterocycles. The van der Waals surface area contributed by atoms with Crippen molar-refractivity contribution in [2.45, 2.75) is 31.3 Å². The first kappa shape index (κ1) is 23.0. The molecule has 0 bridgehead atoms. The summed E-state index contributed by atoms with van der Waals surface area (Å²) < 4.78 is 34.3. The lowest BCUT2D eigenvalue weighted by Gasteiger charge is -2.35. The number of nitrogens with zero attached hydrogens (tertiary/aromatic N) is 4. The number of hydrogen-bond donors (Lipinski definition) is 1. The molecule has 1 aromatic carbocycles. The Morgan fingerprint density at radius 2 is 1.91 bits per heavy atom. The summed E-state index contributed by atoms with van der Waals surface area (Å²) in [4.78, 5) is 17.6. The van der Waals surface area contributed by atoms with Gasteiger partial charge in [0.25, 0.3) is 0 Å². The highest BCUT2D eigenvalue weighted by Gasteiger charge is 2.47. The third-order valence-corrected chi connectivity index (χ3v) is 6.27. The van der Waals surface area contributed by atoms with Gasteiger partial charge in [-0.25, -0.2) is 18.9 Å². The topological polar surface area (TPSA) is 72.3 Å². The van der Waals surface area contributed by atoms with E-state index in [-0.39, 0.29) is 18.2 Å². The van der Waals surface area contributed by atoms with Gasteiger partial charge in [-0.15, -0.1) is 12.4 Å². The summed E-state index contributed by atoms with van der Waals surface area (Å²) in [6, 6.07) is 11.1. The molecule has 1 aliphatic carbocycles. The molecule has 1 N–H and O–H groups in total. The van der Waals surface area contributed by atoms with Gasteiger partial charge < -0.3 is 10.1 Å². The average Bonchev–Trinajstić information content (AvgIpc) is 3.39. The molecule has 33 heavy (non-hydrogen) atoms. The molecule has 7 nitrogen and oxygen atoms in total. The molecule has 1 saturated carbocycles. The number of aromatic nitrogens is 3. The fourth-order valence-electron chi connectivity index (χ4n) is 4.46.